The van der Waals surface area contributed by atoms with Crippen LogP contribution in [0.5, 0.6) is 0 Å². The van der Waals surface area contributed by atoms with Gasteiger partial charge >= 0.3 is 6.09 Å². The van der Waals surface area contributed by atoms with Crippen molar-refractivity contribution in [1.82, 2.24) is 20.9 Å². The molecule has 0 saturated heterocycles. The highest BCUT2D eigenvalue weighted by Gasteiger charge is 2.18. The van der Waals surface area contributed by atoms with Crippen LogP contribution in [-0.2, 0) is 17.8 Å². The van der Waals surface area contributed by atoms with Gasteiger partial charge in [0.15, 0.2) is 5.78 Å². The van der Waals surface area contributed by atoms with Crippen molar-refractivity contribution >= 4 is 11.9 Å². The Kier molecular flexibility index (Phi) is 7.86. The number of carbonyl (C=O) groups excluding carboxylic acids is 2. The number of amides is 1. The van der Waals surface area contributed by atoms with Crippen LogP contribution in [0.3, 0.4) is 0 Å². The van der Waals surface area contributed by atoms with Crippen molar-refractivity contribution in [3.05, 3.63) is 101 Å². The smallest absolute Gasteiger partial charge is 0.407 e. The number of rotatable bonds is 7. The molecule has 1 aromatic heterocycles. The third-order valence-electron chi connectivity index (χ3n) is 4.45. The van der Waals surface area contributed by atoms with Crippen LogP contribution in [0.1, 0.15) is 47.8 Å². The predicted molar refractivity (Wildman–Crippen MR) is 124 cm³/mol. The van der Waals surface area contributed by atoms with Gasteiger partial charge in [-0.3, -0.25) is 4.79 Å². The average molecular weight is 446 g/mol. The summed E-state index contributed by atoms with van der Waals surface area (Å²) >= 11 is 0. The molecule has 8 nitrogen and oxygen atoms in total. The zero-order chi connectivity index (χ0) is 23.7. The van der Waals surface area contributed by atoms with Crippen LogP contribution < -0.4 is 16.2 Å². The summed E-state index contributed by atoms with van der Waals surface area (Å²) in [5.74, 6) is -0.276. The molecule has 170 valence electrons. The normalized spacial score (nSPS) is 11.5. The van der Waals surface area contributed by atoms with Gasteiger partial charge in [0, 0.05) is 18.3 Å². The van der Waals surface area contributed by atoms with E-state index in [1.54, 1.807) is 57.2 Å². The summed E-state index contributed by atoms with van der Waals surface area (Å²) in [5.41, 5.74) is 4.93. The Morgan fingerprint density at radius 2 is 1.61 bits per heavy atom. The van der Waals surface area contributed by atoms with Crippen LogP contribution in [-0.4, -0.2) is 27.7 Å². The van der Waals surface area contributed by atoms with Crippen LogP contribution in [0.25, 0.3) is 0 Å². The number of nitrogens with zero attached hydrogens (tertiary/aromatic N) is 3. The summed E-state index contributed by atoms with van der Waals surface area (Å²) < 4.78 is 5.28. The van der Waals surface area contributed by atoms with Gasteiger partial charge in [0.2, 0.25) is 5.49 Å². The SMILES string of the molecule is CC(C)(C)OC(=O)NCc1ccccc1C(=O)c1cccnnc1=NNCc1ccccc1. The van der Waals surface area contributed by atoms with Gasteiger partial charge in [-0.05, 0) is 44.0 Å². The van der Waals surface area contributed by atoms with Crippen LogP contribution in [0.2, 0.25) is 0 Å². The second kappa shape index (κ2) is 11.0. The minimum Gasteiger partial charge on any atom is -0.444 e. The number of nitrogens with one attached hydrogen (secondary N) is 2. The molecule has 2 aromatic carbocycles. The summed E-state index contributed by atoms with van der Waals surface area (Å²) in [5, 5.41) is 15.0. The molecule has 2 N–H and O–H groups in total. The van der Waals surface area contributed by atoms with Crippen molar-refractivity contribution in [2.75, 3.05) is 0 Å². The first-order chi connectivity index (χ1) is 15.8. The van der Waals surface area contributed by atoms with Gasteiger partial charge in [-0.25, -0.2) is 4.79 Å². The Morgan fingerprint density at radius 3 is 2.36 bits per heavy atom. The maximum Gasteiger partial charge on any atom is 0.407 e. The van der Waals surface area contributed by atoms with Crippen molar-refractivity contribution in [1.29, 1.82) is 0 Å². The molecule has 0 spiro atoms. The second-order valence-corrected chi connectivity index (χ2v) is 8.23. The Balaban J connectivity index is 1.83. The van der Waals surface area contributed by atoms with Crippen molar-refractivity contribution in [3.63, 3.8) is 0 Å². The fourth-order valence-electron chi connectivity index (χ4n) is 2.98. The first-order valence-corrected chi connectivity index (χ1v) is 10.6. The largest absolute Gasteiger partial charge is 0.444 e. The summed E-state index contributed by atoms with van der Waals surface area (Å²) in [4.78, 5) is 25.5. The number of ketones is 1. The van der Waals surface area contributed by atoms with E-state index in [0.717, 1.165) is 5.56 Å². The Hall–Kier alpha value is -4.07. The van der Waals surface area contributed by atoms with Gasteiger partial charge < -0.3 is 15.5 Å². The molecule has 33 heavy (non-hydrogen) atoms. The van der Waals surface area contributed by atoms with Gasteiger partial charge in [-0.15, -0.1) is 5.10 Å². The zero-order valence-electron chi connectivity index (χ0n) is 18.9. The van der Waals surface area contributed by atoms with E-state index in [1.807, 2.05) is 30.3 Å². The lowest BCUT2D eigenvalue weighted by atomic mass is 9.99. The van der Waals surface area contributed by atoms with Crippen molar-refractivity contribution < 1.29 is 14.3 Å². The fraction of sp³-hybridized carbons (Fsp3) is 0.240. The lowest BCUT2D eigenvalue weighted by molar-refractivity contribution is 0.0523. The Labute approximate surface area is 192 Å². The van der Waals surface area contributed by atoms with Crippen molar-refractivity contribution in [2.24, 2.45) is 5.10 Å². The number of hydrogen-bond donors (Lipinski definition) is 2. The zero-order valence-corrected chi connectivity index (χ0v) is 18.9. The Morgan fingerprint density at radius 1 is 0.909 bits per heavy atom. The van der Waals surface area contributed by atoms with Crippen LogP contribution in [0.4, 0.5) is 4.79 Å². The van der Waals surface area contributed by atoms with E-state index in [0.29, 0.717) is 17.7 Å². The number of benzene rings is 2. The van der Waals surface area contributed by atoms with Crippen LogP contribution in [0, 0.1) is 0 Å². The molecule has 0 radical (unpaired) electrons. The topological polar surface area (TPSA) is 106 Å². The number of hydrogen-bond acceptors (Lipinski definition) is 7. The number of ether oxygens (including phenoxy) is 1. The lowest BCUT2D eigenvalue weighted by Crippen LogP contribution is -2.32. The van der Waals surface area contributed by atoms with E-state index in [4.69, 9.17) is 4.74 Å². The molecule has 1 amide bonds. The number of carbonyl (C=O) groups is 2. The van der Waals surface area contributed by atoms with E-state index < -0.39 is 11.7 Å². The van der Waals surface area contributed by atoms with E-state index in [9.17, 15) is 9.59 Å². The van der Waals surface area contributed by atoms with Gasteiger partial charge in [-0.2, -0.15) is 10.2 Å². The summed E-state index contributed by atoms with van der Waals surface area (Å²) in [6.07, 6.45) is 0.936. The molecular formula is C25H27N5O3. The molecule has 0 aliphatic heterocycles. The predicted octanol–water partition coefficient (Wildman–Crippen LogP) is 3.34. The third kappa shape index (κ3) is 7.24. The molecule has 3 aromatic rings. The quantitative estimate of drug-likeness (QED) is 0.427. The average Bonchev–Trinajstić information content (AvgIpc) is 3.03. The maximum absolute atomic E-state index is 13.4. The molecule has 8 heteroatoms. The van der Waals surface area contributed by atoms with E-state index in [-0.39, 0.29) is 23.4 Å². The molecule has 0 fully saturated rings. The van der Waals surface area contributed by atoms with Gasteiger partial charge in [0.1, 0.15) is 5.60 Å². The van der Waals surface area contributed by atoms with Crippen LogP contribution >= 0.6 is 0 Å². The summed E-state index contributed by atoms with van der Waals surface area (Å²) in [6, 6.07) is 20.1. The molecule has 0 saturated carbocycles. The first kappa shape index (κ1) is 23.6. The van der Waals surface area contributed by atoms with E-state index >= 15 is 0 Å². The van der Waals surface area contributed by atoms with Gasteiger partial charge in [-0.1, -0.05) is 54.6 Å². The van der Waals surface area contributed by atoms with E-state index in [1.165, 1.54) is 6.20 Å². The molecule has 0 unspecified atom stereocenters. The molecular weight excluding hydrogens is 418 g/mol. The highest BCUT2D eigenvalue weighted by atomic mass is 16.6. The Bertz CT molecular complexity index is 1170. The third-order valence-corrected chi connectivity index (χ3v) is 4.45. The molecule has 0 aliphatic rings. The molecule has 0 atom stereocenters. The van der Waals surface area contributed by atoms with Crippen molar-refractivity contribution in [2.45, 2.75) is 39.5 Å². The molecule has 0 aliphatic carbocycles. The number of alkyl carbamates (subject to hydrolysis) is 1. The van der Waals surface area contributed by atoms with E-state index in [2.05, 4.69) is 26.0 Å². The molecule has 3 rings (SSSR count). The van der Waals surface area contributed by atoms with Gasteiger partial charge in [0.05, 0.1) is 12.1 Å². The standard InChI is InChI=1S/C25H27N5O3/c1-25(2,3)33-24(32)26-17-19-12-7-8-13-20(19)22(31)21-14-9-15-27-29-23(21)30-28-16-18-10-5-4-6-11-18/h4-15,28H,16-17H2,1-3H3,(H,26,32). The minimum absolute atomic E-state index is 0.139. The first-order valence-electron chi connectivity index (χ1n) is 10.6. The molecule has 0 bridgehead atoms. The fourth-order valence-corrected chi connectivity index (χ4v) is 2.98. The number of aromatic nitrogens is 2. The minimum atomic E-state index is -0.611. The lowest BCUT2D eigenvalue weighted by Gasteiger charge is -2.20. The van der Waals surface area contributed by atoms with Crippen molar-refractivity contribution in [3.8, 4) is 0 Å². The maximum atomic E-state index is 13.4. The highest BCUT2D eigenvalue weighted by Crippen LogP contribution is 2.13. The second-order valence-electron chi connectivity index (χ2n) is 8.23. The summed E-state index contributed by atoms with van der Waals surface area (Å²) in [7, 11) is 0. The van der Waals surface area contributed by atoms with Gasteiger partial charge in [0.25, 0.3) is 0 Å². The summed E-state index contributed by atoms with van der Waals surface area (Å²) in [6.45, 7) is 5.98. The highest BCUT2D eigenvalue weighted by molar-refractivity contribution is 6.09. The molecule has 1 heterocycles. The monoisotopic (exact) mass is 445 g/mol. The van der Waals surface area contributed by atoms with Crippen LogP contribution in [0.15, 0.2) is 78.0 Å².